The molecule has 0 bridgehead atoms. The molecule has 0 unspecified atom stereocenters. The molecule has 1 aliphatic heterocycles. The number of benzene rings is 2. The summed E-state index contributed by atoms with van der Waals surface area (Å²) >= 11 is 0. The average molecular weight is 460 g/mol. The fraction of sp³-hybridized carbons (Fsp3) is 0.318. The molecule has 2 aromatic carbocycles. The Morgan fingerprint density at radius 2 is 1.81 bits per heavy atom. The number of amides is 2. The van der Waals surface area contributed by atoms with Gasteiger partial charge in [-0.3, -0.25) is 14.4 Å². The number of hydrogen-bond acceptors (Lipinski definition) is 6. The predicted octanol–water partition coefficient (Wildman–Crippen LogP) is 1.30. The monoisotopic (exact) mass is 459 g/mol. The van der Waals surface area contributed by atoms with Gasteiger partial charge < -0.3 is 15.0 Å². The molecular formula is C22H25N3O6S. The van der Waals surface area contributed by atoms with E-state index in [1.165, 1.54) is 31.2 Å². The van der Waals surface area contributed by atoms with E-state index < -0.39 is 33.9 Å². The molecule has 0 spiro atoms. The first kappa shape index (κ1) is 23.4. The summed E-state index contributed by atoms with van der Waals surface area (Å²) in [5.74, 6) is -1.92. The van der Waals surface area contributed by atoms with Crippen molar-refractivity contribution in [1.29, 1.82) is 0 Å². The van der Waals surface area contributed by atoms with E-state index >= 15 is 0 Å². The van der Waals surface area contributed by atoms with Crippen LogP contribution in [0.25, 0.3) is 0 Å². The maximum absolute atomic E-state index is 12.5. The van der Waals surface area contributed by atoms with Crippen molar-refractivity contribution in [2.24, 2.45) is 11.1 Å². The van der Waals surface area contributed by atoms with E-state index in [0.29, 0.717) is 18.7 Å². The van der Waals surface area contributed by atoms with Crippen LogP contribution in [0.3, 0.4) is 0 Å². The van der Waals surface area contributed by atoms with Gasteiger partial charge in [-0.2, -0.15) is 0 Å². The van der Waals surface area contributed by atoms with Gasteiger partial charge in [0, 0.05) is 25.2 Å². The quantitative estimate of drug-likeness (QED) is 0.571. The van der Waals surface area contributed by atoms with E-state index in [9.17, 15) is 22.8 Å². The number of esters is 1. The number of nitrogens with zero attached hydrogens (tertiary/aromatic N) is 1. The molecule has 0 radical (unpaired) electrons. The summed E-state index contributed by atoms with van der Waals surface area (Å²) in [4.78, 5) is 38.6. The highest BCUT2D eigenvalue weighted by Gasteiger charge is 2.36. The maximum Gasteiger partial charge on any atom is 0.312 e. The molecule has 2 amide bonds. The highest BCUT2D eigenvalue weighted by molar-refractivity contribution is 7.89. The second kappa shape index (κ2) is 9.92. The number of nitrogens with two attached hydrogens (primary N) is 1. The standard InChI is InChI=1S/C22H25N3O6S/c1-15(21(27)24-18-7-9-19(10-8-18)32(23,29)30)31-22(28)17-13-20(26)25(14-17)12-11-16-5-3-2-4-6-16/h2-10,15,17H,11-14H2,1H3,(H,24,27)(H2,23,29,30)/t15-,17-/m1/s1. The maximum atomic E-state index is 12.5. The molecular weight excluding hydrogens is 434 g/mol. The Hall–Kier alpha value is -3.24. The third-order valence-electron chi connectivity index (χ3n) is 5.17. The van der Waals surface area contributed by atoms with E-state index in [1.54, 1.807) is 4.90 Å². The predicted molar refractivity (Wildman–Crippen MR) is 117 cm³/mol. The Bertz CT molecular complexity index is 1090. The van der Waals surface area contributed by atoms with E-state index in [4.69, 9.17) is 9.88 Å². The molecule has 0 saturated carbocycles. The number of ether oxygens (including phenoxy) is 1. The largest absolute Gasteiger partial charge is 0.452 e. The zero-order valence-electron chi connectivity index (χ0n) is 17.6. The van der Waals surface area contributed by atoms with E-state index in [2.05, 4.69) is 5.32 Å². The van der Waals surface area contributed by atoms with Gasteiger partial charge in [-0.25, -0.2) is 13.6 Å². The lowest BCUT2D eigenvalue weighted by Crippen LogP contribution is -2.33. The summed E-state index contributed by atoms with van der Waals surface area (Å²) < 4.78 is 27.8. The van der Waals surface area contributed by atoms with Gasteiger partial charge in [-0.1, -0.05) is 30.3 Å². The van der Waals surface area contributed by atoms with Crippen LogP contribution in [-0.2, 0) is 35.6 Å². The number of anilines is 1. The minimum Gasteiger partial charge on any atom is -0.452 e. The normalized spacial score (nSPS) is 17.1. The summed E-state index contributed by atoms with van der Waals surface area (Å²) in [5.41, 5.74) is 1.43. The second-order valence-electron chi connectivity index (χ2n) is 7.61. The summed E-state index contributed by atoms with van der Waals surface area (Å²) in [7, 11) is -3.83. The highest BCUT2D eigenvalue weighted by Crippen LogP contribution is 2.21. The van der Waals surface area contributed by atoms with Crippen molar-refractivity contribution >= 4 is 33.5 Å². The number of primary sulfonamides is 1. The average Bonchev–Trinajstić information content (AvgIpc) is 3.13. The van der Waals surface area contributed by atoms with Crippen LogP contribution in [-0.4, -0.2) is 50.3 Å². The minimum atomic E-state index is -3.83. The van der Waals surface area contributed by atoms with Crippen LogP contribution in [0.5, 0.6) is 0 Å². The smallest absolute Gasteiger partial charge is 0.312 e. The molecule has 170 valence electrons. The van der Waals surface area contributed by atoms with Crippen molar-refractivity contribution in [3.63, 3.8) is 0 Å². The summed E-state index contributed by atoms with van der Waals surface area (Å²) in [5, 5.41) is 7.58. The van der Waals surface area contributed by atoms with Gasteiger partial charge in [0.2, 0.25) is 15.9 Å². The number of carbonyl (C=O) groups is 3. The van der Waals surface area contributed by atoms with Gasteiger partial charge in [0.25, 0.3) is 5.91 Å². The van der Waals surface area contributed by atoms with Crippen LogP contribution in [0.4, 0.5) is 5.69 Å². The van der Waals surface area contributed by atoms with Crippen molar-refractivity contribution in [2.45, 2.75) is 30.8 Å². The van der Waals surface area contributed by atoms with Gasteiger partial charge in [0.05, 0.1) is 10.8 Å². The van der Waals surface area contributed by atoms with E-state index in [-0.39, 0.29) is 23.8 Å². The van der Waals surface area contributed by atoms with Crippen molar-refractivity contribution in [1.82, 2.24) is 4.90 Å². The van der Waals surface area contributed by atoms with Gasteiger partial charge >= 0.3 is 5.97 Å². The van der Waals surface area contributed by atoms with Gasteiger partial charge in [0.1, 0.15) is 0 Å². The molecule has 1 aliphatic rings. The molecule has 0 aromatic heterocycles. The Labute approximate surface area is 186 Å². The minimum absolute atomic E-state index is 0.0526. The lowest BCUT2D eigenvalue weighted by atomic mass is 10.1. The topological polar surface area (TPSA) is 136 Å². The van der Waals surface area contributed by atoms with Crippen LogP contribution in [0.1, 0.15) is 18.9 Å². The molecule has 1 fully saturated rings. The van der Waals surface area contributed by atoms with Crippen LogP contribution >= 0.6 is 0 Å². The van der Waals surface area contributed by atoms with E-state index in [0.717, 1.165) is 5.56 Å². The third-order valence-corrected chi connectivity index (χ3v) is 6.10. The Balaban J connectivity index is 1.49. The van der Waals surface area contributed by atoms with Crippen molar-refractivity contribution in [2.75, 3.05) is 18.4 Å². The number of rotatable bonds is 8. The lowest BCUT2D eigenvalue weighted by Gasteiger charge is -2.18. The Kier molecular flexibility index (Phi) is 7.26. The van der Waals surface area contributed by atoms with Crippen LogP contribution in [0, 0.1) is 5.92 Å². The van der Waals surface area contributed by atoms with Crippen LogP contribution in [0.2, 0.25) is 0 Å². The molecule has 32 heavy (non-hydrogen) atoms. The molecule has 1 saturated heterocycles. The first-order valence-electron chi connectivity index (χ1n) is 10.1. The summed E-state index contributed by atoms with van der Waals surface area (Å²) in [6, 6.07) is 15.0. The molecule has 10 heteroatoms. The molecule has 9 nitrogen and oxygen atoms in total. The molecule has 2 aromatic rings. The SMILES string of the molecule is C[C@@H](OC(=O)[C@@H]1CC(=O)N(CCc2ccccc2)C1)C(=O)Nc1ccc(S(N)(=O)=O)cc1. The first-order valence-corrected chi connectivity index (χ1v) is 11.6. The third kappa shape index (κ3) is 6.14. The lowest BCUT2D eigenvalue weighted by molar-refractivity contribution is -0.157. The zero-order chi connectivity index (χ0) is 23.3. The fourth-order valence-electron chi connectivity index (χ4n) is 3.35. The van der Waals surface area contributed by atoms with Gasteiger partial charge in [0.15, 0.2) is 6.10 Å². The first-order chi connectivity index (χ1) is 15.1. The Morgan fingerprint density at radius 1 is 1.16 bits per heavy atom. The Morgan fingerprint density at radius 3 is 2.44 bits per heavy atom. The molecule has 0 aliphatic carbocycles. The molecule has 2 atom stereocenters. The summed E-state index contributed by atoms with van der Waals surface area (Å²) in [6.07, 6.45) is -0.345. The zero-order valence-corrected chi connectivity index (χ0v) is 18.4. The molecule has 3 N–H and O–H groups in total. The van der Waals surface area contributed by atoms with E-state index in [1.807, 2.05) is 30.3 Å². The number of carbonyl (C=O) groups excluding carboxylic acids is 3. The van der Waals surface area contributed by atoms with Crippen molar-refractivity contribution < 1.29 is 27.5 Å². The molecule has 3 rings (SSSR count). The van der Waals surface area contributed by atoms with Gasteiger partial charge in [-0.15, -0.1) is 0 Å². The van der Waals surface area contributed by atoms with Crippen molar-refractivity contribution in [3.05, 3.63) is 60.2 Å². The summed E-state index contributed by atoms with van der Waals surface area (Å²) in [6.45, 7) is 2.20. The number of hydrogen-bond donors (Lipinski definition) is 2. The fourth-order valence-corrected chi connectivity index (χ4v) is 3.87. The van der Waals surface area contributed by atoms with Crippen LogP contribution in [0.15, 0.2) is 59.5 Å². The number of sulfonamides is 1. The van der Waals surface area contributed by atoms with Crippen molar-refractivity contribution in [3.8, 4) is 0 Å². The van der Waals surface area contributed by atoms with Gasteiger partial charge in [-0.05, 0) is 43.2 Å². The molecule has 1 heterocycles. The number of nitrogens with one attached hydrogen (secondary N) is 1. The highest BCUT2D eigenvalue weighted by atomic mass is 32.2. The second-order valence-corrected chi connectivity index (χ2v) is 9.18. The van der Waals surface area contributed by atoms with Crippen LogP contribution < -0.4 is 10.5 Å². The number of likely N-dealkylation sites (tertiary alicyclic amines) is 1.